The zero-order valence-corrected chi connectivity index (χ0v) is 15.7. The van der Waals surface area contributed by atoms with Crippen LogP contribution >= 0.6 is 0 Å². The molecule has 2 aromatic rings. The van der Waals surface area contributed by atoms with Gasteiger partial charge in [0, 0.05) is 11.1 Å². The van der Waals surface area contributed by atoms with Gasteiger partial charge in [-0.25, -0.2) is 4.79 Å². The molecule has 1 aliphatic heterocycles. The van der Waals surface area contributed by atoms with Crippen LogP contribution in [0.3, 0.4) is 0 Å². The van der Waals surface area contributed by atoms with E-state index in [1.165, 1.54) is 0 Å². The summed E-state index contributed by atoms with van der Waals surface area (Å²) in [4.78, 5) is 50.0. The monoisotopic (exact) mass is 374 g/mol. The zero-order chi connectivity index (χ0) is 20.2. The second-order valence-electron chi connectivity index (χ2n) is 7.29. The van der Waals surface area contributed by atoms with Gasteiger partial charge in [0.05, 0.1) is 0 Å². The number of allylic oxidation sites excluding steroid dienone is 1. The van der Waals surface area contributed by atoms with Gasteiger partial charge >= 0.3 is 6.03 Å². The maximum absolute atomic E-state index is 13.6. The Morgan fingerprint density at radius 1 is 0.786 bits per heavy atom. The van der Waals surface area contributed by atoms with Crippen molar-refractivity contribution in [1.82, 2.24) is 10.6 Å². The van der Waals surface area contributed by atoms with Crippen LogP contribution in [-0.2, 0) is 9.59 Å². The second-order valence-corrected chi connectivity index (χ2v) is 7.29. The molecule has 4 amide bonds. The van der Waals surface area contributed by atoms with Crippen molar-refractivity contribution in [2.45, 2.75) is 26.7 Å². The maximum atomic E-state index is 13.6. The Hall–Kier alpha value is -3.54. The topological polar surface area (TPSA) is 92.3 Å². The first-order chi connectivity index (χ1) is 13.3. The van der Waals surface area contributed by atoms with Gasteiger partial charge in [-0.05, 0) is 35.1 Å². The van der Waals surface area contributed by atoms with Crippen LogP contribution < -0.4 is 10.6 Å². The van der Waals surface area contributed by atoms with Crippen molar-refractivity contribution >= 4 is 29.2 Å². The summed E-state index contributed by atoms with van der Waals surface area (Å²) in [5.74, 6) is -2.04. The lowest BCUT2D eigenvalue weighted by Crippen LogP contribution is -2.52. The van der Waals surface area contributed by atoms with Crippen LogP contribution in [0.5, 0.6) is 0 Å². The average molecular weight is 374 g/mol. The molecule has 6 nitrogen and oxygen atoms in total. The minimum atomic E-state index is -0.893. The highest BCUT2D eigenvalue weighted by molar-refractivity contribution is 6.45. The van der Waals surface area contributed by atoms with E-state index in [1.54, 1.807) is 6.07 Å². The molecule has 1 aliphatic carbocycles. The molecule has 1 heterocycles. The normalized spacial score (nSPS) is 16.0. The van der Waals surface area contributed by atoms with Gasteiger partial charge in [-0.2, -0.15) is 0 Å². The van der Waals surface area contributed by atoms with Gasteiger partial charge in [0.1, 0.15) is 5.57 Å². The fourth-order valence-corrected chi connectivity index (χ4v) is 3.82. The van der Waals surface area contributed by atoms with Crippen molar-refractivity contribution < 1.29 is 19.2 Å². The summed E-state index contributed by atoms with van der Waals surface area (Å²) in [6.45, 7) is 5.84. The molecule has 2 aromatic carbocycles. The van der Waals surface area contributed by atoms with Gasteiger partial charge in [0.15, 0.2) is 5.78 Å². The first-order valence-corrected chi connectivity index (χ1v) is 8.99. The van der Waals surface area contributed by atoms with Crippen LogP contribution in [-0.4, -0.2) is 23.6 Å². The highest BCUT2D eigenvalue weighted by atomic mass is 16.2. The molecule has 0 radical (unpaired) electrons. The number of rotatable bonds is 1. The van der Waals surface area contributed by atoms with E-state index in [4.69, 9.17) is 0 Å². The number of nitrogens with one attached hydrogen (secondary N) is 2. The first kappa shape index (κ1) is 17.9. The number of ketones is 1. The predicted molar refractivity (Wildman–Crippen MR) is 104 cm³/mol. The second kappa shape index (κ2) is 6.27. The minimum Gasteiger partial charge on any atom is -0.289 e. The first-order valence-electron chi connectivity index (χ1n) is 8.99. The zero-order valence-electron chi connectivity index (χ0n) is 15.7. The standard InChI is InChI=1S/C22H18N2O4/c1-10(2)12-5-4-6-14-13-8-7-11(3)9-15(13)17(19(25)16(12)14)18-20(26)23-22(28)24-21(18)27/h4-10H,1-3H3,(H2,23,24,26,27,28). The number of urea groups is 1. The van der Waals surface area contributed by atoms with E-state index in [1.807, 2.05) is 51.1 Å². The number of imide groups is 2. The quantitative estimate of drug-likeness (QED) is 0.593. The van der Waals surface area contributed by atoms with E-state index < -0.39 is 17.8 Å². The Morgan fingerprint density at radius 3 is 2.11 bits per heavy atom. The third kappa shape index (κ3) is 2.57. The fraction of sp³-hybridized carbons (Fsp3) is 0.182. The van der Waals surface area contributed by atoms with Gasteiger partial charge < -0.3 is 0 Å². The van der Waals surface area contributed by atoms with Crippen molar-refractivity contribution in [1.29, 1.82) is 0 Å². The number of fused-ring (bicyclic) bond motifs is 3. The highest BCUT2D eigenvalue weighted by Crippen LogP contribution is 2.43. The molecule has 0 saturated carbocycles. The van der Waals surface area contributed by atoms with Crippen LogP contribution in [0.15, 0.2) is 42.0 Å². The molecule has 4 rings (SSSR count). The number of benzene rings is 2. The summed E-state index contributed by atoms with van der Waals surface area (Å²) < 4.78 is 0. The molecule has 2 aliphatic rings. The van der Waals surface area contributed by atoms with Crippen LogP contribution in [0.25, 0.3) is 16.7 Å². The molecule has 0 unspecified atom stereocenters. The fourth-order valence-electron chi connectivity index (χ4n) is 3.82. The van der Waals surface area contributed by atoms with Gasteiger partial charge in [-0.3, -0.25) is 25.0 Å². The molecule has 6 heteroatoms. The van der Waals surface area contributed by atoms with Gasteiger partial charge in [0.25, 0.3) is 11.8 Å². The maximum Gasteiger partial charge on any atom is 0.328 e. The Bertz CT molecular complexity index is 1100. The number of barbiturate groups is 1. The van der Waals surface area contributed by atoms with Gasteiger partial charge in [0.2, 0.25) is 0 Å². The summed E-state index contributed by atoms with van der Waals surface area (Å²) in [5.41, 5.74) is 4.01. The van der Waals surface area contributed by atoms with Crippen LogP contribution in [0.1, 0.15) is 46.8 Å². The SMILES string of the molecule is Cc1ccc2c(c1)C(=C1C(=O)NC(=O)NC1=O)C(=O)c1c-2cccc1C(C)C. The minimum absolute atomic E-state index is 0.0294. The average Bonchev–Trinajstić information content (AvgIpc) is 2.62. The molecule has 140 valence electrons. The third-order valence-electron chi connectivity index (χ3n) is 5.07. The molecule has 0 atom stereocenters. The van der Waals surface area contributed by atoms with Crippen LogP contribution in [0.2, 0.25) is 0 Å². The van der Waals surface area contributed by atoms with E-state index in [0.717, 1.165) is 22.3 Å². The molecule has 1 saturated heterocycles. The molecule has 0 bridgehead atoms. The van der Waals surface area contributed by atoms with Gasteiger partial charge in [-0.1, -0.05) is 55.8 Å². The molecule has 1 fully saturated rings. The lowest BCUT2D eigenvalue weighted by molar-refractivity contribution is -0.123. The Kier molecular flexibility index (Phi) is 4.00. The molecular weight excluding hydrogens is 356 g/mol. The lowest BCUT2D eigenvalue weighted by Gasteiger charge is -2.27. The number of carbonyl (C=O) groups excluding carboxylic acids is 4. The Morgan fingerprint density at radius 2 is 1.46 bits per heavy atom. The molecule has 0 aromatic heterocycles. The van der Waals surface area contributed by atoms with Gasteiger partial charge in [-0.15, -0.1) is 0 Å². The number of amides is 4. The number of Topliss-reactive ketones (excluding diaryl/α,β-unsaturated/α-hetero) is 1. The number of hydrogen-bond donors (Lipinski definition) is 2. The van der Waals surface area contributed by atoms with Crippen molar-refractivity contribution in [2.24, 2.45) is 0 Å². The largest absolute Gasteiger partial charge is 0.328 e. The molecular formula is C22H18N2O4. The van der Waals surface area contributed by atoms with E-state index in [-0.39, 0.29) is 22.8 Å². The van der Waals surface area contributed by atoms with E-state index in [2.05, 4.69) is 10.6 Å². The van der Waals surface area contributed by atoms with Crippen molar-refractivity contribution in [3.05, 3.63) is 64.2 Å². The summed E-state index contributed by atoms with van der Waals surface area (Å²) in [6, 6.07) is 10.4. The summed E-state index contributed by atoms with van der Waals surface area (Å²) in [5, 5.41) is 4.13. The number of carbonyl (C=O) groups is 4. The molecule has 0 spiro atoms. The third-order valence-corrected chi connectivity index (χ3v) is 5.07. The summed E-state index contributed by atoms with van der Waals surface area (Å²) in [7, 11) is 0. The van der Waals surface area contributed by atoms with Crippen molar-refractivity contribution in [2.75, 3.05) is 0 Å². The van der Waals surface area contributed by atoms with Crippen molar-refractivity contribution in [3.8, 4) is 11.1 Å². The smallest absolute Gasteiger partial charge is 0.289 e. The van der Waals surface area contributed by atoms with E-state index in [0.29, 0.717) is 11.1 Å². The van der Waals surface area contributed by atoms with Crippen LogP contribution in [0.4, 0.5) is 4.79 Å². The molecule has 28 heavy (non-hydrogen) atoms. The number of aryl methyl sites for hydroxylation is 1. The van der Waals surface area contributed by atoms with E-state index >= 15 is 0 Å². The Labute approximate surface area is 161 Å². The summed E-state index contributed by atoms with van der Waals surface area (Å²) >= 11 is 0. The highest BCUT2D eigenvalue weighted by Gasteiger charge is 2.38. The van der Waals surface area contributed by atoms with E-state index in [9.17, 15) is 19.2 Å². The predicted octanol–water partition coefficient (Wildman–Crippen LogP) is 3.10. The van der Waals surface area contributed by atoms with Crippen LogP contribution in [0, 0.1) is 6.92 Å². The lowest BCUT2D eigenvalue weighted by atomic mass is 9.75. The van der Waals surface area contributed by atoms with Crippen molar-refractivity contribution in [3.63, 3.8) is 0 Å². The summed E-state index contributed by atoms with van der Waals surface area (Å²) in [6.07, 6.45) is 0. The molecule has 2 N–H and O–H groups in total. The Balaban J connectivity index is 2.11. The number of hydrogen-bond acceptors (Lipinski definition) is 4.